The molecule has 5 heteroatoms. The van der Waals surface area contributed by atoms with Gasteiger partial charge in [-0.1, -0.05) is 26.8 Å². The van der Waals surface area contributed by atoms with E-state index in [1.807, 2.05) is 20.8 Å². The second kappa shape index (κ2) is 5.51. The van der Waals surface area contributed by atoms with E-state index in [4.69, 9.17) is 5.73 Å². The minimum Gasteiger partial charge on any atom is -0.398 e. The summed E-state index contributed by atoms with van der Waals surface area (Å²) in [4.78, 5) is 0.305. The van der Waals surface area contributed by atoms with Crippen LogP contribution in [0.2, 0.25) is 0 Å². The van der Waals surface area contributed by atoms with Crippen molar-refractivity contribution < 1.29 is 8.42 Å². The van der Waals surface area contributed by atoms with Gasteiger partial charge in [0, 0.05) is 12.2 Å². The van der Waals surface area contributed by atoms with E-state index in [9.17, 15) is 8.42 Å². The Hall–Kier alpha value is -1.07. The second-order valence-corrected chi connectivity index (χ2v) is 7.47. The monoisotopic (exact) mass is 284 g/mol. The highest BCUT2D eigenvalue weighted by Crippen LogP contribution is 2.25. The zero-order valence-electron chi connectivity index (χ0n) is 12.4. The first-order chi connectivity index (χ1) is 8.60. The molecule has 0 unspecified atom stereocenters. The number of hydrogen-bond donors (Lipinski definition) is 2. The highest BCUT2D eigenvalue weighted by Gasteiger charge is 2.24. The smallest absolute Gasteiger partial charge is 0.241 e. The molecule has 0 aliphatic heterocycles. The van der Waals surface area contributed by atoms with E-state index in [0.717, 1.165) is 6.42 Å². The first-order valence-electron chi connectivity index (χ1n) is 6.46. The van der Waals surface area contributed by atoms with Gasteiger partial charge in [0.2, 0.25) is 10.0 Å². The summed E-state index contributed by atoms with van der Waals surface area (Å²) in [5, 5.41) is 0. The fourth-order valence-electron chi connectivity index (χ4n) is 1.74. The van der Waals surface area contributed by atoms with Crippen LogP contribution in [0.25, 0.3) is 0 Å². The summed E-state index contributed by atoms with van der Waals surface area (Å²) in [5.74, 6) is 0. The van der Waals surface area contributed by atoms with Gasteiger partial charge in [-0.3, -0.25) is 0 Å². The van der Waals surface area contributed by atoms with Gasteiger partial charge in [-0.05, 0) is 42.9 Å². The minimum absolute atomic E-state index is 0.0603. The molecule has 1 aromatic rings. The highest BCUT2D eigenvalue weighted by molar-refractivity contribution is 7.89. The highest BCUT2D eigenvalue weighted by atomic mass is 32.2. The van der Waals surface area contributed by atoms with Crippen LogP contribution in [-0.2, 0) is 10.0 Å². The molecule has 0 aliphatic carbocycles. The standard InChI is InChI=1S/C14H24N2O2S/c1-6-14(4,5)9-16-19(17,18)13-10(2)7-8-12(15)11(13)3/h7-8,16H,6,9,15H2,1-5H3. The van der Waals surface area contributed by atoms with Gasteiger partial charge < -0.3 is 5.73 Å². The molecule has 19 heavy (non-hydrogen) atoms. The summed E-state index contributed by atoms with van der Waals surface area (Å²) in [6, 6.07) is 3.47. The average molecular weight is 284 g/mol. The van der Waals surface area contributed by atoms with Crippen LogP contribution in [0.5, 0.6) is 0 Å². The number of benzene rings is 1. The lowest BCUT2D eigenvalue weighted by Gasteiger charge is -2.23. The predicted octanol–water partition coefficient (Wildman–Crippen LogP) is 2.60. The number of anilines is 1. The summed E-state index contributed by atoms with van der Waals surface area (Å²) in [6.45, 7) is 10.1. The van der Waals surface area contributed by atoms with Crippen LogP contribution >= 0.6 is 0 Å². The van der Waals surface area contributed by atoms with Gasteiger partial charge in [-0.25, -0.2) is 13.1 Å². The molecule has 0 saturated carbocycles. The van der Waals surface area contributed by atoms with Crippen molar-refractivity contribution in [1.82, 2.24) is 4.72 Å². The van der Waals surface area contributed by atoms with Crippen molar-refractivity contribution in [2.24, 2.45) is 5.41 Å². The maximum absolute atomic E-state index is 12.4. The Morgan fingerprint density at radius 2 is 1.84 bits per heavy atom. The predicted molar refractivity (Wildman–Crippen MR) is 79.6 cm³/mol. The second-order valence-electron chi connectivity index (χ2n) is 5.77. The summed E-state index contributed by atoms with van der Waals surface area (Å²) < 4.78 is 27.5. The normalized spacial score (nSPS) is 12.7. The molecule has 0 amide bonds. The van der Waals surface area contributed by atoms with Crippen molar-refractivity contribution in [3.63, 3.8) is 0 Å². The van der Waals surface area contributed by atoms with Crippen LogP contribution in [0, 0.1) is 19.3 Å². The number of nitrogens with two attached hydrogens (primary N) is 1. The average Bonchev–Trinajstić information content (AvgIpc) is 2.32. The van der Waals surface area contributed by atoms with Gasteiger partial charge in [0.15, 0.2) is 0 Å². The molecule has 0 bridgehead atoms. The number of aryl methyl sites for hydroxylation is 1. The van der Waals surface area contributed by atoms with Crippen LogP contribution < -0.4 is 10.5 Å². The molecule has 3 N–H and O–H groups in total. The Bertz CT molecular complexity index is 563. The van der Waals surface area contributed by atoms with E-state index >= 15 is 0 Å². The van der Waals surface area contributed by atoms with E-state index < -0.39 is 10.0 Å². The van der Waals surface area contributed by atoms with E-state index in [2.05, 4.69) is 4.72 Å². The Labute approximate surface area is 116 Å². The molecule has 0 aromatic heterocycles. The summed E-state index contributed by atoms with van der Waals surface area (Å²) in [7, 11) is -3.52. The molecule has 1 aromatic carbocycles. The van der Waals surface area contributed by atoms with Gasteiger partial charge in [-0.2, -0.15) is 0 Å². The van der Waals surface area contributed by atoms with Crippen LogP contribution in [0.3, 0.4) is 0 Å². The molecule has 108 valence electrons. The lowest BCUT2D eigenvalue weighted by Crippen LogP contribution is -2.34. The fourth-order valence-corrected chi connectivity index (χ4v) is 3.48. The van der Waals surface area contributed by atoms with Crippen molar-refractivity contribution in [2.75, 3.05) is 12.3 Å². The summed E-state index contributed by atoms with van der Waals surface area (Å²) in [5.41, 5.74) is 7.57. The maximum Gasteiger partial charge on any atom is 0.241 e. The maximum atomic E-state index is 12.4. The molecule has 0 fully saturated rings. The Morgan fingerprint density at radius 1 is 1.26 bits per heavy atom. The van der Waals surface area contributed by atoms with Crippen molar-refractivity contribution >= 4 is 15.7 Å². The molecule has 1 rings (SSSR count). The molecule has 0 spiro atoms. The van der Waals surface area contributed by atoms with Gasteiger partial charge in [0.1, 0.15) is 0 Å². The van der Waals surface area contributed by atoms with E-state index in [0.29, 0.717) is 28.3 Å². The van der Waals surface area contributed by atoms with Gasteiger partial charge in [0.25, 0.3) is 0 Å². The Kier molecular flexibility index (Phi) is 4.63. The third-order valence-electron chi connectivity index (χ3n) is 3.61. The summed E-state index contributed by atoms with van der Waals surface area (Å²) in [6.07, 6.45) is 0.907. The van der Waals surface area contributed by atoms with Crippen LogP contribution in [0.1, 0.15) is 38.3 Å². The van der Waals surface area contributed by atoms with Crippen LogP contribution in [0.4, 0.5) is 5.69 Å². The lowest BCUT2D eigenvalue weighted by atomic mass is 9.91. The minimum atomic E-state index is -3.52. The molecule has 0 heterocycles. The van der Waals surface area contributed by atoms with Gasteiger partial charge in [-0.15, -0.1) is 0 Å². The molecule has 0 radical (unpaired) electrons. The third kappa shape index (κ3) is 3.70. The molecule has 0 aliphatic rings. The fraction of sp³-hybridized carbons (Fsp3) is 0.571. The van der Waals surface area contributed by atoms with Crippen LogP contribution in [-0.4, -0.2) is 15.0 Å². The zero-order chi connectivity index (χ0) is 14.8. The van der Waals surface area contributed by atoms with E-state index in [-0.39, 0.29) is 5.41 Å². The molecular weight excluding hydrogens is 260 g/mol. The van der Waals surface area contributed by atoms with Crippen LogP contribution in [0.15, 0.2) is 17.0 Å². The van der Waals surface area contributed by atoms with Gasteiger partial charge >= 0.3 is 0 Å². The largest absolute Gasteiger partial charge is 0.398 e. The lowest BCUT2D eigenvalue weighted by molar-refractivity contribution is 0.350. The first-order valence-corrected chi connectivity index (χ1v) is 7.94. The number of sulfonamides is 1. The molecular formula is C14H24N2O2S. The number of rotatable bonds is 5. The van der Waals surface area contributed by atoms with E-state index in [1.165, 1.54) is 0 Å². The van der Waals surface area contributed by atoms with E-state index in [1.54, 1.807) is 26.0 Å². The topological polar surface area (TPSA) is 72.2 Å². The Morgan fingerprint density at radius 3 is 2.37 bits per heavy atom. The number of hydrogen-bond acceptors (Lipinski definition) is 3. The quantitative estimate of drug-likeness (QED) is 0.816. The van der Waals surface area contributed by atoms with Crippen molar-refractivity contribution in [3.8, 4) is 0 Å². The SMILES string of the molecule is CCC(C)(C)CNS(=O)(=O)c1c(C)ccc(N)c1C. The first kappa shape index (κ1) is 16.0. The molecule has 0 atom stereocenters. The van der Waals surface area contributed by atoms with Crippen molar-refractivity contribution in [1.29, 1.82) is 0 Å². The third-order valence-corrected chi connectivity index (χ3v) is 5.30. The number of nitrogens with one attached hydrogen (secondary N) is 1. The molecule has 0 saturated heterocycles. The number of nitrogen functional groups attached to an aromatic ring is 1. The van der Waals surface area contributed by atoms with Gasteiger partial charge in [0.05, 0.1) is 4.90 Å². The Balaban J connectivity index is 3.12. The zero-order valence-corrected chi connectivity index (χ0v) is 13.2. The molecule has 4 nitrogen and oxygen atoms in total. The summed E-state index contributed by atoms with van der Waals surface area (Å²) >= 11 is 0. The van der Waals surface area contributed by atoms with Crippen molar-refractivity contribution in [2.45, 2.75) is 45.9 Å². The van der Waals surface area contributed by atoms with Crippen molar-refractivity contribution in [3.05, 3.63) is 23.3 Å².